The Morgan fingerprint density at radius 2 is 1.94 bits per heavy atom. The highest BCUT2D eigenvalue weighted by molar-refractivity contribution is 5.90. The first-order chi connectivity index (χ1) is 16.3. The number of nitrogens with one attached hydrogen (secondary N) is 1. The first kappa shape index (κ1) is 25.6. The van der Waals surface area contributed by atoms with E-state index >= 15 is 0 Å². The molecule has 184 valence electrons. The number of carbonyl (C=O) groups is 2. The van der Waals surface area contributed by atoms with Gasteiger partial charge in [-0.2, -0.15) is 0 Å². The molecule has 0 aliphatic carbocycles. The fourth-order valence-corrected chi connectivity index (χ4v) is 4.75. The maximum Gasteiger partial charge on any atom is 0.243 e. The van der Waals surface area contributed by atoms with Gasteiger partial charge < -0.3 is 20.1 Å². The van der Waals surface area contributed by atoms with Crippen LogP contribution in [0.3, 0.4) is 0 Å². The number of ether oxygens (including phenoxy) is 1. The second-order valence-electron chi connectivity index (χ2n) is 9.27. The fraction of sp³-hybridized carbons (Fsp3) is 0.500. The van der Waals surface area contributed by atoms with E-state index in [0.717, 1.165) is 23.1 Å². The standard InChI is InChI=1S/C26H36N4O4/c1-17(2)23(29(3)4)26(33)30-15-7-9-22(30)24(32)28-21(16-31)19-12-10-18(11-13-19)20-8-6-14-27-25(20)34-5/h6,8,10-14,17,21-23,31H,7,9,15-16H2,1-5H3,(H,28,32)/t21-,22-,23-/m0/s1. The first-order valence-corrected chi connectivity index (χ1v) is 11.8. The topological polar surface area (TPSA) is 95.0 Å². The first-order valence-electron chi connectivity index (χ1n) is 11.8. The van der Waals surface area contributed by atoms with E-state index in [0.29, 0.717) is 18.8 Å². The largest absolute Gasteiger partial charge is 0.481 e. The van der Waals surface area contributed by atoms with Crippen LogP contribution in [0.15, 0.2) is 42.6 Å². The van der Waals surface area contributed by atoms with Crippen LogP contribution in [-0.2, 0) is 9.59 Å². The molecule has 1 aliphatic rings. The number of hydrogen-bond donors (Lipinski definition) is 2. The normalized spacial score (nSPS) is 17.6. The minimum Gasteiger partial charge on any atom is -0.481 e. The molecule has 1 aromatic carbocycles. The Morgan fingerprint density at radius 3 is 2.53 bits per heavy atom. The van der Waals surface area contributed by atoms with Crippen LogP contribution in [0.5, 0.6) is 5.88 Å². The number of aromatic nitrogens is 1. The number of aliphatic hydroxyl groups is 1. The molecule has 34 heavy (non-hydrogen) atoms. The van der Waals surface area contributed by atoms with Crippen LogP contribution in [0.25, 0.3) is 11.1 Å². The molecule has 1 aliphatic heterocycles. The minimum atomic E-state index is -0.565. The molecule has 0 saturated carbocycles. The number of likely N-dealkylation sites (N-methyl/N-ethyl adjacent to an activating group) is 1. The number of likely N-dealkylation sites (tertiary alicyclic amines) is 1. The summed E-state index contributed by atoms with van der Waals surface area (Å²) in [5, 5.41) is 13.0. The molecule has 8 heteroatoms. The lowest BCUT2D eigenvalue weighted by molar-refractivity contribution is -0.143. The summed E-state index contributed by atoms with van der Waals surface area (Å²) < 4.78 is 5.34. The third kappa shape index (κ3) is 5.56. The fourth-order valence-electron chi connectivity index (χ4n) is 4.75. The van der Waals surface area contributed by atoms with E-state index in [1.54, 1.807) is 18.2 Å². The van der Waals surface area contributed by atoms with Gasteiger partial charge in [-0.15, -0.1) is 0 Å². The van der Waals surface area contributed by atoms with Crippen molar-refractivity contribution < 1.29 is 19.4 Å². The summed E-state index contributed by atoms with van der Waals surface area (Å²) >= 11 is 0. The van der Waals surface area contributed by atoms with Crippen LogP contribution in [0.4, 0.5) is 0 Å². The number of nitrogens with zero attached hydrogens (tertiary/aromatic N) is 3. The number of benzene rings is 1. The van der Waals surface area contributed by atoms with Crippen molar-refractivity contribution in [3.05, 3.63) is 48.2 Å². The molecule has 0 spiro atoms. The van der Waals surface area contributed by atoms with Crippen molar-refractivity contribution in [1.29, 1.82) is 0 Å². The predicted octanol–water partition coefficient (Wildman–Crippen LogP) is 2.48. The number of pyridine rings is 1. The molecule has 8 nitrogen and oxygen atoms in total. The van der Waals surface area contributed by atoms with Gasteiger partial charge in [0.1, 0.15) is 6.04 Å². The third-order valence-corrected chi connectivity index (χ3v) is 6.37. The summed E-state index contributed by atoms with van der Waals surface area (Å²) in [4.78, 5) is 34.3. The molecule has 1 fully saturated rings. The zero-order chi connectivity index (χ0) is 24.8. The monoisotopic (exact) mass is 468 g/mol. The van der Waals surface area contributed by atoms with Gasteiger partial charge in [-0.3, -0.25) is 14.5 Å². The molecule has 2 N–H and O–H groups in total. The van der Waals surface area contributed by atoms with Gasteiger partial charge in [0.15, 0.2) is 0 Å². The Hall–Kier alpha value is -2.97. The molecule has 0 radical (unpaired) electrons. The second kappa shape index (κ2) is 11.4. The maximum absolute atomic E-state index is 13.2. The summed E-state index contributed by atoms with van der Waals surface area (Å²) in [6.07, 6.45) is 3.08. The lowest BCUT2D eigenvalue weighted by Gasteiger charge is -2.34. The van der Waals surface area contributed by atoms with E-state index in [4.69, 9.17) is 4.74 Å². The van der Waals surface area contributed by atoms with Crippen LogP contribution in [0.1, 0.15) is 38.3 Å². The molecule has 2 aromatic rings. The smallest absolute Gasteiger partial charge is 0.243 e. The highest BCUT2D eigenvalue weighted by Crippen LogP contribution is 2.29. The van der Waals surface area contributed by atoms with E-state index in [9.17, 15) is 14.7 Å². The van der Waals surface area contributed by atoms with E-state index in [1.807, 2.05) is 69.2 Å². The molecule has 0 bridgehead atoms. The summed E-state index contributed by atoms with van der Waals surface area (Å²) in [6, 6.07) is 9.99. The highest BCUT2D eigenvalue weighted by Gasteiger charge is 2.39. The van der Waals surface area contributed by atoms with Crippen LogP contribution in [0.2, 0.25) is 0 Å². The Balaban J connectivity index is 1.73. The quantitative estimate of drug-likeness (QED) is 0.587. The minimum absolute atomic E-state index is 0.0204. The van der Waals surface area contributed by atoms with E-state index in [-0.39, 0.29) is 30.4 Å². The Labute approximate surface area is 201 Å². The van der Waals surface area contributed by atoms with Crippen molar-refractivity contribution in [3.63, 3.8) is 0 Å². The Kier molecular flexibility index (Phi) is 8.63. The van der Waals surface area contributed by atoms with E-state index < -0.39 is 12.1 Å². The molecule has 2 heterocycles. The SMILES string of the molecule is COc1ncccc1-c1ccc([C@H](CO)NC(=O)[C@@H]2CCCN2C(=O)[C@H](C(C)C)N(C)C)cc1. The zero-order valence-corrected chi connectivity index (χ0v) is 20.7. The van der Waals surface area contributed by atoms with Gasteiger partial charge in [0.2, 0.25) is 17.7 Å². The zero-order valence-electron chi connectivity index (χ0n) is 20.7. The second-order valence-corrected chi connectivity index (χ2v) is 9.27. The van der Waals surface area contributed by atoms with Crippen molar-refractivity contribution in [3.8, 4) is 17.0 Å². The molecule has 3 rings (SSSR count). The predicted molar refractivity (Wildman–Crippen MR) is 131 cm³/mol. The lowest BCUT2D eigenvalue weighted by atomic mass is 10.0. The molecule has 3 atom stereocenters. The van der Waals surface area contributed by atoms with E-state index in [1.165, 1.54) is 0 Å². The van der Waals surface area contributed by atoms with Crippen molar-refractivity contribution in [2.24, 2.45) is 5.92 Å². The number of carbonyl (C=O) groups excluding carboxylic acids is 2. The van der Waals surface area contributed by atoms with Crippen LogP contribution in [0, 0.1) is 5.92 Å². The Morgan fingerprint density at radius 1 is 1.24 bits per heavy atom. The van der Waals surface area contributed by atoms with Gasteiger partial charge in [-0.25, -0.2) is 4.98 Å². The van der Waals surface area contributed by atoms with Crippen LogP contribution in [-0.4, -0.2) is 78.1 Å². The van der Waals surface area contributed by atoms with Crippen molar-refractivity contribution in [2.75, 3.05) is 34.4 Å². The van der Waals surface area contributed by atoms with Gasteiger partial charge in [0, 0.05) is 18.3 Å². The average Bonchev–Trinajstić information content (AvgIpc) is 3.32. The number of aliphatic hydroxyl groups excluding tert-OH is 1. The number of methoxy groups -OCH3 is 1. The number of amides is 2. The average molecular weight is 469 g/mol. The third-order valence-electron chi connectivity index (χ3n) is 6.37. The molecule has 0 unspecified atom stereocenters. The van der Waals surface area contributed by atoms with Gasteiger partial charge in [0.25, 0.3) is 0 Å². The number of hydrogen-bond acceptors (Lipinski definition) is 6. The highest BCUT2D eigenvalue weighted by atomic mass is 16.5. The van der Waals surface area contributed by atoms with Gasteiger partial charge >= 0.3 is 0 Å². The van der Waals surface area contributed by atoms with Gasteiger partial charge in [-0.1, -0.05) is 38.1 Å². The van der Waals surface area contributed by atoms with Crippen molar-refractivity contribution >= 4 is 11.8 Å². The molecule has 2 amide bonds. The van der Waals surface area contributed by atoms with Crippen molar-refractivity contribution in [1.82, 2.24) is 20.1 Å². The van der Waals surface area contributed by atoms with Crippen LogP contribution < -0.4 is 10.1 Å². The van der Waals surface area contributed by atoms with E-state index in [2.05, 4.69) is 10.3 Å². The molecule has 1 saturated heterocycles. The Bertz CT molecular complexity index is 969. The molecule has 1 aromatic heterocycles. The maximum atomic E-state index is 13.2. The summed E-state index contributed by atoms with van der Waals surface area (Å²) in [7, 11) is 5.36. The summed E-state index contributed by atoms with van der Waals surface area (Å²) in [5.41, 5.74) is 2.57. The van der Waals surface area contributed by atoms with Gasteiger partial charge in [-0.05, 0) is 56.1 Å². The number of rotatable bonds is 9. The van der Waals surface area contributed by atoms with Crippen molar-refractivity contribution in [2.45, 2.75) is 44.8 Å². The molecular weight excluding hydrogens is 432 g/mol. The van der Waals surface area contributed by atoms with Crippen LogP contribution >= 0.6 is 0 Å². The summed E-state index contributed by atoms with van der Waals surface area (Å²) in [5.74, 6) is 0.414. The van der Waals surface area contributed by atoms with Gasteiger partial charge in [0.05, 0.1) is 25.8 Å². The summed E-state index contributed by atoms with van der Waals surface area (Å²) in [6.45, 7) is 4.36. The lowest BCUT2D eigenvalue weighted by Crippen LogP contribution is -2.54. The molecular formula is C26H36N4O4.